The molecule has 2 heterocycles. The number of nitrogens with one attached hydrogen (secondary N) is 1. The zero-order valence-corrected chi connectivity index (χ0v) is 13.0. The Balaban J connectivity index is 2.22. The molecule has 0 saturated carbocycles. The van der Waals surface area contributed by atoms with E-state index in [9.17, 15) is 0 Å². The number of ether oxygens (including phenoxy) is 1. The summed E-state index contributed by atoms with van der Waals surface area (Å²) in [6.07, 6.45) is 0. The van der Waals surface area contributed by atoms with Crippen molar-refractivity contribution in [2.75, 3.05) is 12.8 Å². The fourth-order valence-electron chi connectivity index (χ4n) is 2.35. The number of H-pyrrole nitrogens is 1. The van der Waals surface area contributed by atoms with Gasteiger partial charge < -0.3 is 10.5 Å². The molecule has 0 saturated heterocycles. The number of aromatic nitrogens is 2. The van der Waals surface area contributed by atoms with E-state index in [1.165, 1.54) is 10.4 Å². The van der Waals surface area contributed by atoms with Crippen LogP contribution in [0, 0.1) is 13.8 Å². The maximum absolute atomic E-state index is 6.09. The molecule has 0 aliphatic heterocycles. The van der Waals surface area contributed by atoms with Gasteiger partial charge in [0.2, 0.25) is 0 Å². The molecule has 4 nitrogen and oxygen atoms in total. The molecule has 0 radical (unpaired) electrons. The van der Waals surface area contributed by atoms with Gasteiger partial charge in [-0.1, -0.05) is 18.2 Å². The number of thiophene rings is 1. The van der Waals surface area contributed by atoms with Crippen LogP contribution in [0.1, 0.15) is 10.4 Å². The Morgan fingerprint density at radius 3 is 2.67 bits per heavy atom. The fraction of sp³-hybridized carbons (Fsp3) is 0.188. The lowest BCUT2D eigenvalue weighted by Crippen LogP contribution is -1.92. The lowest BCUT2D eigenvalue weighted by Gasteiger charge is -2.08. The summed E-state index contributed by atoms with van der Waals surface area (Å²) >= 11 is 1.74. The summed E-state index contributed by atoms with van der Waals surface area (Å²) in [6.45, 7) is 4.23. The molecule has 108 valence electrons. The molecule has 3 N–H and O–H groups in total. The van der Waals surface area contributed by atoms with Gasteiger partial charge in [0.15, 0.2) is 5.82 Å². The van der Waals surface area contributed by atoms with Crippen LogP contribution < -0.4 is 10.5 Å². The van der Waals surface area contributed by atoms with E-state index in [0.29, 0.717) is 5.82 Å². The van der Waals surface area contributed by atoms with E-state index in [4.69, 9.17) is 10.5 Å². The number of para-hydroxylation sites is 1. The number of aryl methyl sites for hydroxylation is 2. The summed E-state index contributed by atoms with van der Waals surface area (Å²) in [7, 11) is 1.66. The van der Waals surface area contributed by atoms with Gasteiger partial charge in [-0.15, -0.1) is 11.3 Å². The molecule has 0 unspecified atom stereocenters. The van der Waals surface area contributed by atoms with E-state index in [1.54, 1.807) is 18.4 Å². The van der Waals surface area contributed by atoms with Crippen molar-refractivity contribution in [1.82, 2.24) is 10.2 Å². The van der Waals surface area contributed by atoms with Crippen LogP contribution in [0.4, 0.5) is 5.82 Å². The molecule has 0 fully saturated rings. The molecule has 0 bridgehead atoms. The summed E-state index contributed by atoms with van der Waals surface area (Å²) in [5.74, 6) is 1.27. The van der Waals surface area contributed by atoms with Gasteiger partial charge in [-0.25, -0.2) is 0 Å². The summed E-state index contributed by atoms with van der Waals surface area (Å²) in [5.41, 5.74) is 10.1. The number of anilines is 1. The molecule has 2 aromatic heterocycles. The predicted octanol–water partition coefficient (Wildman–Crippen LogP) is 4.01. The average molecular weight is 299 g/mol. The fourth-order valence-corrected chi connectivity index (χ4v) is 3.39. The molecule has 0 amide bonds. The first-order valence-corrected chi connectivity index (χ1v) is 7.48. The van der Waals surface area contributed by atoms with Gasteiger partial charge in [0.25, 0.3) is 0 Å². The van der Waals surface area contributed by atoms with E-state index >= 15 is 0 Å². The van der Waals surface area contributed by atoms with E-state index in [2.05, 4.69) is 30.1 Å². The Hall–Kier alpha value is -2.27. The molecule has 0 aliphatic rings. The number of nitrogen functional groups attached to an aromatic ring is 1. The van der Waals surface area contributed by atoms with Gasteiger partial charge in [-0.3, -0.25) is 5.10 Å². The Kier molecular flexibility index (Phi) is 3.43. The molecule has 3 rings (SSSR count). The number of aromatic amines is 1. The highest BCUT2D eigenvalue weighted by Crippen LogP contribution is 2.41. The quantitative estimate of drug-likeness (QED) is 0.768. The van der Waals surface area contributed by atoms with Crippen LogP contribution in [-0.4, -0.2) is 17.3 Å². The summed E-state index contributed by atoms with van der Waals surface area (Å²) < 4.78 is 5.45. The number of hydrogen-bond donors (Lipinski definition) is 2. The number of nitrogens with zero attached hydrogens (tertiary/aromatic N) is 1. The number of methoxy groups -OCH3 is 1. The maximum Gasteiger partial charge on any atom is 0.153 e. The lowest BCUT2D eigenvalue weighted by molar-refractivity contribution is 0.416. The Morgan fingerprint density at radius 2 is 2.00 bits per heavy atom. The Morgan fingerprint density at radius 1 is 1.24 bits per heavy atom. The van der Waals surface area contributed by atoms with Gasteiger partial charge in [0, 0.05) is 10.4 Å². The average Bonchev–Trinajstić information content (AvgIpc) is 3.02. The third kappa shape index (κ3) is 2.29. The molecular formula is C16H17N3OS. The Bertz CT molecular complexity index is 769. The van der Waals surface area contributed by atoms with Gasteiger partial charge in [0.1, 0.15) is 5.75 Å². The van der Waals surface area contributed by atoms with E-state index in [-0.39, 0.29) is 0 Å². The number of rotatable bonds is 3. The lowest BCUT2D eigenvalue weighted by atomic mass is 10.0. The summed E-state index contributed by atoms with van der Waals surface area (Å²) in [6, 6.07) is 10.00. The van der Waals surface area contributed by atoms with Gasteiger partial charge in [0.05, 0.1) is 23.2 Å². The number of hydrogen-bond acceptors (Lipinski definition) is 4. The minimum absolute atomic E-state index is 0.484. The topological polar surface area (TPSA) is 63.9 Å². The standard InChI is InChI=1S/C16H17N3OS/c1-9-8-13(21-10(9)2)15-14(16(17)19-18-15)11-6-4-5-7-12(11)20-3/h4-8H,1-3H3,(H3,17,18,19). The van der Waals surface area contributed by atoms with Crippen molar-refractivity contribution in [2.45, 2.75) is 13.8 Å². The van der Waals surface area contributed by atoms with Crippen molar-refractivity contribution >= 4 is 17.2 Å². The van der Waals surface area contributed by atoms with Gasteiger partial charge in [-0.05, 0) is 31.5 Å². The first-order chi connectivity index (χ1) is 10.1. The second-order valence-corrected chi connectivity index (χ2v) is 6.17. The normalized spacial score (nSPS) is 10.8. The number of benzene rings is 1. The minimum atomic E-state index is 0.484. The van der Waals surface area contributed by atoms with Crippen molar-refractivity contribution in [1.29, 1.82) is 0 Å². The molecule has 21 heavy (non-hydrogen) atoms. The van der Waals surface area contributed by atoms with Crippen molar-refractivity contribution < 1.29 is 4.74 Å². The zero-order chi connectivity index (χ0) is 15.0. The largest absolute Gasteiger partial charge is 0.496 e. The minimum Gasteiger partial charge on any atom is -0.496 e. The van der Waals surface area contributed by atoms with Crippen molar-refractivity contribution in [3.05, 3.63) is 40.8 Å². The molecular weight excluding hydrogens is 282 g/mol. The smallest absolute Gasteiger partial charge is 0.153 e. The van der Waals surface area contributed by atoms with Gasteiger partial charge >= 0.3 is 0 Å². The monoisotopic (exact) mass is 299 g/mol. The van der Waals surface area contributed by atoms with Gasteiger partial charge in [-0.2, -0.15) is 5.10 Å². The Labute approximate surface area is 127 Å². The van der Waals surface area contributed by atoms with Crippen LogP contribution in [0.3, 0.4) is 0 Å². The highest BCUT2D eigenvalue weighted by atomic mass is 32.1. The summed E-state index contributed by atoms with van der Waals surface area (Å²) in [5, 5.41) is 7.25. The maximum atomic E-state index is 6.09. The zero-order valence-electron chi connectivity index (χ0n) is 12.2. The van der Waals surface area contributed by atoms with Crippen molar-refractivity contribution in [2.24, 2.45) is 0 Å². The molecule has 3 aromatic rings. The van der Waals surface area contributed by atoms with Crippen molar-refractivity contribution in [3.8, 4) is 27.4 Å². The second-order valence-electron chi connectivity index (χ2n) is 4.91. The van der Waals surface area contributed by atoms with Crippen LogP contribution in [0.25, 0.3) is 21.7 Å². The third-order valence-corrected chi connectivity index (χ3v) is 4.75. The van der Waals surface area contributed by atoms with Crippen LogP contribution in [0.15, 0.2) is 30.3 Å². The van der Waals surface area contributed by atoms with E-state index in [0.717, 1.165) is 27.4 Å². The second kappa shape index (κ2) is 5.26. The molecule has 0 aliphatic carbocycles. The molecule has 0 spiro atoms. The third-order valence-electron chi connectivity index (χ3n) is 3.58. The number of nitrogens with two attached hydrogens (primary N) is 1. The SMILES string of the molecule is COc1ccccc1-c1c(N)n[nH]c1-c1cc(C)c(C)s1. The van der Waals surface area contributed by atoms with E-state index in [1.807, 2.05) is 24.3 Å². The van der Waals surface area contributed by atoms with Crippen LogP contribution in [-0.2, 0) is 0 Å². The predicted molar refractivity (Wildman–Crippen MR) is 87.8 cm³/mol. The van der Waals surface area contributed by atoms with Crippen LogP contribution in [0.2, 0.25) is 0 Å². The molecule has 5 heteroatoms. The van der Waals surface area contributed by atoms with Crippen LogP contribution in [0.5, 0.6) is 5.75 Å². The first kappa shape index (κ1) is 13.7. The first-order valence-electron chi connectivity index (χ1n) is 6.66. The molecule has 1 aromatic carbocycles. The van der Waals surface area contributed by atoms with Crippen LogP contribution >= 0.6 is 11.3 Å². The highest BCUT2D eigenvalue weighted by Gasteiger charge is 2.19. The highest BCUT2D eigenvalue weighted by molar-refractivity contribution is 7.15. The van der Waals surface area contributed by atoms with E-state index < -0.39 is 0 Å². The van der Waals surface area contributed by atoms with Crippen molar-refractivity contribution in [3.63, 3.8) is 0 Å². The summed E-state index contributed by atoms with van der Waals surface area (Å²) in [4.78, 5) is 2.43. The molecule has 0 atom stereocenters.